The Balaban J connectivity index is 2.40. The van der Waals surface area contributed by atoms with Crippen molar-refractivity contribution in [2.24, 2.45) is 0 Å². The van der Waals surface area contributed by atoms with Gasteiger partial charge in [0, 0.05) is 12.7 Å². The van der Waals surface area contributed by atoms with Gasteiger partial charge in [0.15, 0.2) is 0 Å². The molecule has 0 aliphatic rings. The molecule has 0 saturated heterocycles. The molecular formula is C8H14BrN3S. The third-order valence-corrected chi connectivity index (χ3v) is 2.87. The number of hydrogen-bond acceptors (Lipinski definition) is 3. The van der Waals surface area contributed by atoms with Gasteiger partial charge in [0.1, 0.15) is 0 Å². The van der Waals surface area contributed by atoms with E-state index >= 15 is 0 Å². The van der Waals surface area contributed by atoms with Gasteiger partial charge in [0.05, 0.1) is 10.5 Å². The SMILES string of the molecule is CSCCCn1cc(C(C)Br)nn1. The van der Waals surface area contributed by atoms with Crippen LogP contribution in [0.15, 0.2) is 6.20 Å². The van der Waals surface area contributed by atoms with Gasteiger partial charge in [-0.2, -0.15) is 11.8 Å². The molecule has 0 aliphatic heterocycles. The maximum absolute atomic E-state index is 4.05. The topological polar surface area (TPSA) is 30.7 Å². The minimum Gasteiger partial charge on any atom is -0.252 e. The predicted octanol–water partition coefficient (Wildman–Crippen LogP) is 2.49. The van der Waals surface area contributed by atoms with Crippen LogP contribution in [0.4, 0.5) is 0 Å². The van der Waals surface area contributed by atoms with Crippen molar-refractivity contribution in [1.29, 1.82) is 0 Å². The smallest absolute Gasteiger partial charge is 0.0960 e. The number of aromatic nitrogens is 3. The van der Waals surface area contributed by atoms with Crippen molar-refractivity contribution in [3.8, 4) is 0 Å². The highest BCUT2D eigenvalue weighted by Gasteiger charge is 2.05. The second-order valence-electron chi connectivity index (χ2n) is 2.87. The number of rotatable bonds is 5. The van der Waals surface area contributed by atoms with Gasteiger partial charge in [0.2, 0.25) is 0 Å². The van der Waals surface area contributed by atoms with E-state index in [2.05, 4.69) is 39.4 Å². The van der Waals surface area contributed by atoms with Crippen molar-refractivity contribution in [3.63, 3.8) is 0 Å². The summed E-state index contributed by atoms with van der Waals surface area (Å²) in [6, 6.07) is 0. The largest absolute Gasteiger partial charge is 0.252 e. The number of aryl methyl sites for hydroxylation is 1. The highest BCUT2D eigenvalue weighted by molar-refractivity contribution is 9.09. The summed E-state index contributed by atoms with van der Waals surface area (Å²) in [5, 5.41) is 8.09. The molecule has 0 N–H and O–H groups in total. The number of alkyl halides is 1. The molecule has 0 amide bonds. The van der Waals surface area contributed by atoms with Gasteiger partial charge in [-0.25, -0.2) is 0 Å². The Bertz CT molecular complexity index is 249. The summed E-state index contributed by atoms with van der Waals surface area (Å²) in [6.45, 7) is 3.02. The fourth-order valence-corrected chi connectivity index (χ4v) is 1.60. The van der Waals surface area contributed by atoms with Gasteiger partial charge in [-0.05, 0) is 25.4 Å². The van der Waals surface area contributed by atoms with Gasteiger partial charge in [-0.3, -0.25) is 4.68 Å². The van der Waals surface area contributed by atoms with Crippen molar-refractivity contribution in [3.05, 3.63) is 11.9 Å². The van der Waals surface area contributed by atoms with Crippen LogP contribution < -0.4 is 0 Å². The van der Waals surface area contributed by atoms with Gasteiger partial charge in [-0.1, -0.05) is 21.1 Å². The molecule has 1 atom stereocenters. The highest BCUT2D eigenvalue weighted by Crippen LogP contribution is 2.17. The van der Waals surface area contributed by atoms with Crippen molar-refractivity contribution in [1.82, 2.24) is 15.0 Å². The van der Waals surface area contributed by atoms with Crippen LogP contribution in [0.1, 0.15) is 23.9 Å². The summed E-state index contributed by atoms with van der Waals surface area (Å²) in [6.07, 6.45) is 5.27. The summed E-state index contributed by atoms with van der Waals surface area (Å²) in [5.41, 5.74) is 1.00. The molecule has 1 unspecified atom stereocenters. The van der Waals surface area contributed by atoms with E-state index in [1.165, 1.54) is 5.75 Å². The lowest BCUT2D eigenvalue weighted by Crippen LogP contribution is -1.99. The van der Waals surface area contributed by atoms with Gasteiger partial charge >= 0.3 is 0 Å². The van der Waals surface area contributed by atoms with Crippen molar-refractivity contribution >= 4 is 27.7 Å². The summed E-state index contributed by atoms with van der Waals surface area (Å²) in [5.74, 6) is 1.18. The quantitative estimate of drug-likeness (QED) is 0.604. The Kier molecular flexibility index (Phi) is 4.80. The maximum atomic E-state index is 4.05. The second kappa shape index (κ2) is 5.65. The minimum atomic E-state index is 0.293. The number of nitrogens with zero attached hydrogens (tertiary/aromatic N) is 3. The first-order chi connectivity index (χ1) is 6.24. The fraction of sp³-hybridized carbons (Fsp3) is 0.750. The van der Waals surface area contributed by atoms with E-state index in [0.717, 1.165) is 18.7 Å². The first-order valence-electron chi connectivity index (χ1n) is 4.27. The van der Waals surface area contributed by atoms with Crippen molar-refractivity contribution in [2.45, 2.75) is 24.7 Å². The third-order valence-electron chi connectivity index (χ3n) is 1.70. The van der Waals surface area contributed by atoms with Crippen LogP contribution in [0.5, 0.6) is 0 Å². The first kappa shape index (κ1) is 11.0. The standard InChI is InChI=1S/C8H14BrN3S/c1-7(9)8-6-12(11-10-8)4-3-5-13-2/h6-7H,3-5H2,1-2H3. The molecule has 74 valence electrons. The van der Waals surface area contributed by atoms with Gasteiger partial charge < -0.3 is 0 Å². The van der Waals surface area contributed by atoms with Gasteiger partial charge in [-0.15, -0.1) is 5.10 Å². The Morgan fingerprint density at radius 1 is 1.69 bits per heavy atom. The minimum absolute atomic E-state index is 0.293. The van der Waals surface area contributed by atoms with Crippen LogP contribution in [0.2, 0.25) is 0 Å². The Labute approximate surface area is 91.4 Å². The summed E-state index contributed by atoms with van der Waals surface area (Å²) in [7, 11) is 0. The zero-order valence-corrected chi connectivity index (χ0v) is 10.3. The summed E-state index contributed by atoms with van der Waals surface area (Å²) in [4.78, 5) is 0.293. The Hall–Kier alpha value is -0.0300. The third kappa shape index (κ3) is 3.68. The lowest BCUT2D eigenvalue weighted by Gasteiger charge is -1.97. The highest BCUT2D eigenvalue weighted by atomic mass is 79.9. The average molecular weight is 264 g/mol. The molecule has 5 heteroatoms. The van der Waals surface area contributed by atoms with Crippen LogP contribution in [-0.4, -0.2) is 27.0 Å². The van der Waals surface area contributed by atoms with Gasteiger partial charge in [0.25, 0.3) is 0 Å². The maximum Gasteiger partial charge on any atom is 0.0960 e. The van der Waals surface area contributed by atoms with Crippen LogP contribution >= 0.6 is 27.7 Å². The van der Waals surface area contributed by atoms with E-state index in [1.807, 2.05) is 22.6 Å². The average Bonchev–Trinajstić information content (AvgIpc) is 2.53. The molecule has 1 aromatic heterocycles. The van der Waals surface area contributed by atoms with E-state index in [1.54, 1.807) is 0 Å². The number of hydrogen-bond donors (Lipinski definition) is 0. The molecule has 0 aromatic carbocycles. The number of thioether (sulfide) groups is 1. The monoisotopic (exact) mass is 263 g/mol. The molecule has 0 aliphatic carbocycles. The molecule has 1 rings (SSSR count). The zero-order valence-electron chi connectivity index (χ0n) is 7.90. The molecule has 1 heterocycles. The lowest BCUT2D eigenvalue weighted by molar-refractivity contribution is 0.582. The van der Waals surface area contributed by atoms with Crippen LogP contribution in [-0.2, 0) is 6.54 Å². The Morgan fingerprint density at radius 3 is 3.00 bits per heavy atom. The lowest BCUT2D eigenvalue weighted by atomic mass is 10.4. The van der Waals surface area contributed by atoms with E-state index in [4.69, 9.17) is 0 Å². The molecule has 13 heavy (non-hydrogen) atoms. The molecule has 0 saturated carbocycles. The van der Waals surface area contributed by atoms with Crippen molar-refractivity contribution < 1.29 is 0 Å². The van der Waals surface area contributed by atoms with Crippen molar-refractivity contribution in [2.75, 3.05) is 12.0 Å². The normalized spacial score (nSPS) is 13.2. The van der Waals surface area contributed by atoms with Crippen LogP contribution in [0.3, 0.4) is 0 Å². The van der Waals surface area contributed by atoms with E-state index < -0.39 is 0 Å². The molecular weight excluding hydrogens is 250 g/mol. The fourth-order valence-electron chi connectivity index (χ4n) is 0.976. The molecule has 1 aromatic rings. The van der Waals surface area contributed by atoms with E-state index in [0.29, 0.717) is 4.83 Å². The first-order valence-corrected chi connectivity index (χ1v) is 6.58. The molecule has 0 radical (unpaired) electrons. The zero-order chi connectivity index (χ0) is 9.68. The molecule has 0 fully saturated rings. The number of halogens is 1. The molecule has 3 nitrogen and oxygen atoms in total. The van der Waals surface area contributed by atoms with E-state index in [-0.39, 0.29) is 0 Å². The predicted molar refractivity (Wildman–Crippen MR) is 60.4 cm³/mol. The summed E-state index contributed by atoms with van der Waals surface area (Å²) >= 11 is 5.32. The molecule has 0 bridgehead atoms. The van der Waals surface area contributed by atoms with Crippen LogP contribution in [0.25, 0.3) is 0 Å². The van der Waals surface area contributed by atoms with Crippen LogP contribution in [0, 0.1) is 0 Å². The Morgan fingerprint density at radius 2 is 2.46 bits per heavy atom. The molecule has 0 spiro atoms. The summed E-state index contributed by atoms with van der Waals surface area (Å²) < 4.78 is 1.91. The second-order valence-corrected chi connectivity index (χ2v) is 5.23. The van der Waals surface area contributed by atoms with E-state index in [9.17, 15) is 0 Å².